The zero-order valence-corrected chi connectivity index (χ0v) is 11.7. The summed E-state index contributed by atoms with van der Waals surface area (Å²) in [5.74, 6) is 1.75. The van der Waals surface area contributed by atoms with Gasteiger partial charge in [-0.15, -0.1) is 0 Å². The molecule has 0 atom stereocenters. The number of aromatic amines is 1. The Morgan fingerprint density at radius 2 is 2.05 bits per heavy atom. The summed E-state index contributed by atoms with van der Waals surface area (Å²) in [5, 5.41) is 9.45. The van der Waals surface area contributed by atoms with Gasteiger partial charge in [-0.25, -0.2) is 4.98 Å². The quantitative estimate of drug-likeness (QED) is 0.757. The summed E-state index contributed by atoms with van der Waals surface area (Å²) in [6.07, 6.45) is 0. The molecule has 0 saturated heterocycles. The van der Waals surface area contributed by atoms with Crippen LogP contribution in [0.5, 0.6) is 11.5 Å². The van der Waals surface area contributed by atoms with E-state index < -0.39 is 0 Å². The highest BCUT2D eigenvalue weighted by Crippen LogP contribution is 2.30. The molecule has 96 valence electrons. The molecular formula is C14H11BrN2O2. The molecule has 0 unspecified atom stereocenters. The number of nitrogens with one attached hydrogen (secondary N) is 1. The van der Waals surface area contributed by atoms with Crippen LogP contribution in [0.1, 0.15) is 0 Å². The Morgan fingerprint density at radius 3 is 2.79 bits per heavy atom. The van der Waals surface area contributed by atoms with Crippen molar-refractivity contribution in [1.29, 1.82) is 0 Å². The lowest BCUT2D eigenvalue weighted by atomic mass is 10.2. The van der Waals surface area contributed by atoms with Crippen LogP contribution in [0.25, 0.3) is 22.4 Å². The zero-order valence-electron chi connectivity index (χ0n) is 10.1. The molecule has 0 aliphatic rings. The van der Waals surface area contributed by atoms with Crippen LogP contribution >= 0.6 is 15.9 Å². The van der Waals surface area contributed by atoms with Crippen molar-refractivity contribution in [2.24, 2.45) is 0 Å². The standard InChI is InChI=1S/C14H11BrN2O2/c1-19-13-5-2-8(6-10(13)15)14-16-11-4-3-9(18)7-12(11)17-14/h2-7,18H,1H3,(H,16,17). The lowest BCUT2D eigenvalue weighted by molar-refractivity contribution is 0.412. The maximum atomic E-state index is 9.45. The van der Waals surface area contributed by atoms with E-state index in [0.717, 1.165) is 32.6 Å². The van der Waals surface area contributed by atoms with Gasteiger partial charge in [0.05, 0.1) is 22.6 Å². The Bertz CT molecular complexity index is 752. The van der Waals surface area contributed by atoms with Gasteiger partial charge in [0.1, 0.15) is 17.3 Å². The number of halogens is 1. The lowest BCUT2D eigenvalue weighted by Crippen LogP contribution is -1.86. The molecule has 2 N–H and O–H groups in total. The van der Waals surface area contributed by atoms with Crippen molar-refractivity contribution in [3.8, 4) is 22.9 Å². The number of hydrogen-bond acceptors (Lipinski definition) is 3. The lowest BCUT2D eigenvalue weighted by Gasteiger charge is -2.04. The number of phenols is 1. The Kier molecular flexibility index (Phi) is 2.91. The maximum Gasteiger partial charge on any atom is 0.138 e. The van der Waals surface area contributed by atoms with Gasteiger partial charge in [0.25, 0.3) is 0 Å². The first kappa shape index (κ1) is 12.0. The average Bonchev–Trinajstić information content (AvgIpc) is 2.81. The van der Waals surface area contributed by atoms with Crippen LogP contribution in [-0.4, -0.2) is 22.2 Å². The zero-order chi connectivity index (χ0) is 13.4. The third-order valence-corrected chi connectivity index (χ3v) is 3.51. The molecule has 5 heteroatoms. The van der Waals surface area contributed by atoms with E-state index in [4.69, 9.17) is 4.74 Å². The first-order valence-corrected chi connectivity index (χ1v) is 6.49. The van der Waals surface area contributed by atoms with Crippen molar-refractivity contribution in [2.45, 2.75) is 0 Å². The highest BCUT2D eigenvalue weighted by molar-refractivity contribution is 9.10. The summed E-state index contributed by atoms with van der Waals surface area (Å²) >= 11 is 3.45. The van der Waals surface area contributed by atoms with E-state index in [-0.39, 0.29) is 5.75 Å². The van der Waals surface area contributed by atoms with Crippen molar-refractivity contribution in [1.82, 2.24) is 9.97 Å². The van der Waals surface area contributed by atoms with Gasteiger partial charge in [-0.1, -0.05) is 0 Å². The largest absolute Gasteiger partial charge is 0.508 e. The summed E-state index contributed by atoms with van der Waals surface area (Å²) in [6, 6.07) is 10.8. The number of aromatic nitrogens is 2. The van der Waals surface area contributed by atoms with Gasteiger partial charge in [-0.05, 0) is 46.3 Å². The molecule has 0 bridgehead atoms. The Labute approximate surface area is 118 Å². The number of methoxy groups -OCH3 is 1. The van der Waals surface area contributed by atoms with E-state index in [1.807, 2.05) is 18.2 Å². The monoisotopic (exact) mass is 318 g/mol. The molecule has 3 aromatic rings. The van der Waals surface area contributed by atoms with E-state index in [0.29, 0.717) is 0 Å². The van der Waals surface area contributed by atoms with Gasteiger partial charge in [-0.2, -0.15) is 0 Å². The van der Waals surface area contributed by atoms with Crippen LogP contribution in [0.3, 0.4) is 0 Å². The highest BCUT2D eigenvalue weighted by atomic mass is 79.9. The normalized spacial score (nSPS) is 10.8. The first-order valence-electron chi connectivity index (χ1n) is 5.70. The van der Waals surface area contributed by atoms with Crippen molar-refractivity contribution in [3.63, 3.8) is 0 Å². The molecule has 0 aliphatic carbocycles. The predicted molar refractivity (Wildman–Crippen MR) is 77.4 cm³/mol. The fourth-order valence-corrected chi connectivity index (χ4v) is 2.49. The van der Waals surface area contributed by atoms with Crippen LogP contribution in [0.15, 0.2) is 40.9 Å². The number of benzene rings is 2. The summed E-state index contributed by atoms with van der Waals surface area (Å²) < 4.78 is 6.07. The number of H-pyrrole nitrogens is 1. The minimum atomic E-state index is 0.221. The highest BCUT2D eigenvalue weighted by Gasteiger charge is 2.08. The number of hydrogen-bond donors (Lipinski definition) is 2. The third kappa shape index (κ3) is 2.17. The first-order chi connectivity index (χ1) is 9.17. The molecule has 2 aromatic carbocycles. The Balaban J connectivity index is 2.11. The van der Waals surface area contributed by atoms with Crippen molar-refractivity contribution < 1.29 is 9.84 Å². The van der Waals surface area contributed by atoms with Crippen LogP contribution < -0.4 is 4.74 Å². The molecule has 19 heavy (non-hydrogen) atoms. The second kappa shape index (κ2) is 4.59. The van der Waals surface area contributed by atoms with Gasteiger partial charge in [-0.3, -0.25) is 0 Å². The van der Waals surface area contributed by atoms with Crippen LogP contribution in [-0.2, 0) is 0 Å². The fraction of sp³-hybridized carbons (Fsp3) is 0.0714. The molecule has 0 amide bonds. The minimum absolute atomic E-state index is 0.221. The number of fused-ring (bicyclic) bond motifs is 1. The second-order valence-corrected chi connectivity index (χ2v) is 4.99. The van der Waals surface area contributed by atoms with E-state index in [1.54, 1.807) is 25.3 Å². The number of imidazole rings is 1. The summed E-state index contributed by atoms with van der Waals surface area (Å²) in [7, 11) is 1.63. The van der Waals surface area contributed by atoms with Crippen LogP contribution in [0.4, 0.5) is 0 Å². The number of phenolic OH excluding ortho intramolecular Hbond substituents is 1. The smallest absolute Gasteiger partial charge is 0.138 e. The third-order valence-electron chi connectivity index (χ3n) is 2.89. The van der Waals surface area contributed by atoms with Crippen molar-refractivity contribution >= 4 is 27.0 Å². The molecular weight excluding hydrogens is 308 g/mol. The fourth-order valence-electron chi connectivity index (χ4n) is 1.95. The summed E-state index contributed by atoms with van der Waals surface area (Å²) in [5.41, 5.74) is 2.57. The summed E-state index contributed by atoms with van der Waals surface area (Å²) in [6.45, 7) is 0. The Hall–Kier alpha value is -2.01. The molecule has 1 heterocycles. The maximum absolute atomic E-state index is 9.45. The number of rotatable bonds is 2. The Morgan fingerprint density at radius 1 is 1.21 bits per heavy atom. The molecule has 0 spiro atoms. The van der Waals surface area contributed by atoms with Gasteiger partial charge >= 0.3 is 0 Å². The predicted octanol–water partition coefficient (Wildman–Crippen LogP) is 3.71. The van der Waals surface area contributed by atoms with Crippen molar-refractivity contribution in [2.75, 3.05) is 7.11 Å². The van der Waals surface area contributed by atoms with Gasteiger partial charge in [0.2, 0.25) is 0 Å². The molecule has 4 nitrogen and oxygen atoms in total. The van der Waals surface area contributed by atoms with Gasteiger partial charge < -0.3 is 14.8 Å². The average molecular weight is 319 g/mol. The number of nitrogens with zero attached hydrogens (tertiary/aromatic N) is 1. The molecule has 1 aromatic heterocycles. The number of aromatic hydroxyl groups is 1. The SMILES string of the molecule is COc1ccc(-c2nc3ccc(O)cc3[nH]2)cc1Br. The molecule has 0 aliphatic heterocycles. The van der Waals surface area contributed by atoms with E-state index in [2.05, 4.69) is 25.9 Å². The summed E-state index contributed by atoms with van der Waals surface area (Å²) in [4.78, 5) is 7.68. The minimum Gasteiger partial charge on any atom is -0.508 e. The number of ether oxygens (including phenoxy) is 1. The van der Waals surface area contributed by atoms with Gasteiger partial charge in [0, 0.05) is 11.6 Å². The van der Waals surface area contributed by atoms with Crippen molar-refractivity contribution in [3.05, 3.63) is 40.9 Å². The van der Waals surface area contributed by atoms with Gasteiger partial charge in [0.15, 0.2) is 0 Å². The molecule has 0 fully saturated rings. The van der Waals surface area contributed by atoms with Crippen LogP contribution in [0.2, 0.25) is 0 Å². The van der Waals surface area contributed by atoms with E-state index >= 15 is 0 Å². The molecule has 0 radical (unpaired) electrons. The van der Waals surface area contributed by atoms with Crippen LogP contribution in [0, 0.1) is 0 Å². The van der Waals surface area contributed by atoms with E-state index in [9.17, 15) is 5.11 Å². The molecule has 3 rings (SSSR count). The topological polar surface area (TPSA) is 58.1 Å². The van der Waals surface area contributed by atoms with E-state index in [1.165, 1.54) is 0 Å². The second-order valence-electron chi connectivity index (χ2n) is 4.14. The molecule has 0 saturated carbocycles.